The van der Waals surface area contributed by atoms with Crippen LogP contribution in [0.4, 0.5) is 0 Å². The first-order chi connectivity index (χ1) is 9.45. The van der Waals surface area contributed by atoms with Crippen molar-refractivity contribution < 1.29 is 19.4 Å². The first-order valence-electron chi connectivity index (χ1n) is 6.69. The molecule has 1 aromatic rings. The largest absolute Gasteiger partial charge is 0.481 e. The third-order valence-electron chi connectivity index (χ3n) is 3.41. The summed E-state index contributed by atoms with van der Waals surface area (Å²) in [6, 6.07) is 7.53. The smallest absolute Gasteiger partial charge is 0.303 e. The maximum absolute atomic E-state index is 12.1. The number of likely N-dealkylation sites (tertiary alicyclic amines) is 1. The van der Waals surface area contributed by atoms with Crippen LogP contribution in [-0.2, 0) is 9.59 Å². The minimum Gasteiger partial charge on any atom is -0.481 e. The molecule has 0 saturated carbocycles. The third-order valence-corrected chi connectivity index (χ3v) is 3.41. The van der Waals surface area contributed by atoms with Crippen molar-refractivity contribution in [2.45, 2.75) is 26.4 Å². The van der Waals surface area contributed by atoms with Crippen molar-refractivity contribution in [1.29, 1.82) is 0 Å². The second kappa shape index (κ2) is 5.94. The lowest BCUT2D eigenvalue weighted by Gasteiger charge is -2.39. The lowest BCUT2D eigenvalue weighted by Crippen LogP contribution is -2.54. The van der Waals surface area contributed by atoms with E-state index < -0.39 is 12.1 Å². The number of nitrogens with zero attached hydrogens (tertiary/aromatic N) is 1. The predicted molar refractivity (Wildman–Crippen MR) is 73.6 cm³/mol. The van der Waals surface area contributed by atoms with Gasteiger partial charge in [0.1, 0.15) is 5.75 Å². The van der Waals surface area contributed by atoms with Crippen LogP contribution >= 0.6 is 0 Å². The number of aliphatic carboxylic acids is 1. The van der Waals surface area contributed by atoms with Crippen LogP contribution < -0.4 is 4.74 Å². The van der Waals surface area contributed by atoms with Gasteiger partial charge in [-0.25, -0.2) is 0 Å². The molecule has 5 nitrogen and oxygen atoms in total. The molecule has 1 amide bonds. The Morgan fingerprint density at radius 3 is 2.50 bits per heavy atom. The summed E-state index contributed by atoms with van der Waals surface area (Å²) in [5.41, 5.74) is 1.13. The summed E-state index contributed by atoms with van der Waals surface area (Å²) in [7, 11) is 0. The van der Waals surface area contributed by atoms with Gasteiger partial charge in [0.15, 0.2) is 6.10 Å². The molecule has 0 aromatic heterocycles. The number of carboxylic acid groups (broad SMARTS) is 1. The van der Waals surface area contributed by atoms with Crippen molar-refractivity contribution in [3.05, 3.63) is 29.8 Å². The average Bonchev–Trinajstić information content (AvgIpc) is 2.35. The molecule has 1 N–H and O–H groups in total. The van der Waals surface area contributed by atoms with Gasteiger partial charge in [-0.15, -0.1) is 0 Å². The van der Waals surface area contributed by atoms with Crippen LogP contribution in [0.15, 0.2) is 24.3 Å². The average molecular weight is 277 g/mol. The number of aryl methyl sites for hydroxylation is 1. The van der Waals surface area contributed by atoms with E-state index in [-0.39, 0.29) is 18.2 Å². The van der Waals surface area contributed by atoms with Crippen molar-refractivity contribution in [3.8, 4) is 5.75 Å². The first-order valence-corrected chi connectivity index (χ1v) is 6.69. The van der Waals surface area contributed by atoms with Gasteiger partial charge < -0.3 is 14.7 Å². The summed E-state index contributed by atoms with van der Waals surface area (Å²) in [5.74, 6) is -0.166. The number of carboxylic acids is 1. The molecule has 1 aliphatic heterocycles. The summed E-state index contributed by atoms with van der Waals surface area (Å²) >= 11 is 0. The Kier molecular flexibility index (Phi) is 4.27. The molecule has 1 aliphatic rings. The summed E-state index contributed by atoms with van der Waals surface area (Å²) in [6.45, 7) is 4.72. The van der Waals surface area contributed by atoms with Gasteiger partial charge in [-0.2, -0.15) is 0 Å². The molecule has 108 valence electrons. The van der Waals surface area contributed by atoms with E-state index in [0.717, 1.165) is 5.56 Å². The maximum atomic E-state index is 12.1. The minimum atomic E-state index is -0.814. The fourth-order valence-electron chi connectivity index (χ4n) is 2.25. The van der Waals surface area contributed by atoms with E-state index in [4.69, 9.17) is 9.84 Å². The number of benzene rings is 1. The van der Waals surface area contributed by atoms with E-state index >= 15 is 0 Å². The Labute approximate surface area is 118 Å². The fourth-order valence-corrected chi connectivity index (χ4v) is 2.25. The quantitative estimate of drug-likeness (QED) is 0.889. The molecule has 1 aromatic carbocycles. The fraction of sp³-hybridized carbons (Fsp3) is 0.467. The number of rotatable bonds is 5. The monoisotopic (exact) mass is 277 g/mol. The molecular weight excluding hydrogens is 258 g/mol. The molecular formula is C15H19NO4. The van der Waals surface area contributed by atoms with E-state index in [1.54, 1.807) is 11.8 Å². The van der Waals surface area contributed by atoms with Gasteiger partial charge in [0, 0.05) is 19.0 Å². The van der Waals surface area contributed by atoms with E-state index in [1.807, 2.05) is 31.2 Å². The first kappa shape index (κ1) is 14.4. The van der Waals surface area contributed by atoms with Gasteiger partial charge in [0.05, 0.1) is 6.42 Å². The lowest BCUT2D eigenvalue weighted by atomic mass is 9.96. The van der Waals surface area contributed by atoms with Crippen LogP contribution in [0, 0.1) is 12.8 Å². The van der Waals surface area contributed by atoms with Gasteiger partial charge in [0.2, 0.25) is 0 Å². The highest BCUT2D eigenvalue weighted by molar-refractivity contribution is 5.82. The van der Waals surface area contributed by atoms with Crippen molar-refractivity contribution in [2.24, 2.45) is 5.92 Å². The Hall–Kier alpha value is -2.04. The number of hydrogen-bond donors (Lipinski definition) is 1. The highest BCUT2D eigenvalue weighted by Crippen LogP contribution is 2.21. The summed E-state index contributed by atoms with van der Waals surface area (Å²) in [4.78, 5) is 24.3. The van der Waals surface area contributed by atoms with Gasteiger partial charge in [-0.3, -0.25) is 9.59 Å². The zero-order valence-corrected chi connectivity index (χ0v) is 11.7. The number of carbonyl (C=O) groups is 2. The van der Waals surface area contributed by atoms with Gasteiger partial charge in [-0.1, -0.05) is 17.7 Å². The highest BCUT2D eigenvalue weighted by atomic mass is 16.5. The van der Waals surface area contributed by atoms with Crippen LogP contribution in [-0.4, -0.2) is 41.1 Å². The molecule has 20 heavy (non-hydrogen) atoms. The number of amides is 1. The molecule has 1 unspecified atom stereocenters. The standard InChI is InChI=1S/C15H19NO4/c1-10-3-5-13(6-4-10)20-11(2)15(19)16-8-12(9-16)7-14(17)18/h3-6,11-12H,7-9H2,1-2H3,(H,17,18). The van der Waals surface area contributed by atoms with Crippen molar-refractivity contribution in [2.75, 3.05) is 13.1 Å². The van der Waals surface area contributed by atoms with Crippen LogP contribution in [0.25, 0.3) is 0 Å². The van der Waals surface area contributed by atoms with Crippen LogP contribution in [0.1, 0.15) is 18.9 Å². The Bertz CT molecular complexity index is 491. The zero-order chi connectivity index (χ0) is 14.7. The number of carbonyl (C=O) groups excluding carboxylic acids is 1. The van der Waals surface area contributed by atoms with Gasteiger partial charge in [-0.05, 0) is 26.0 Å². The Morgan fingerprint density at radius 1 is 1.35 bits per heavy atom. The van der Waals surface area contributed by atoms with E-state index in [9.17, 15) is 9.59 Å². The molecule has 0 bridgehead atoms. The zero-order valence-electron chi connectivity index (χ0n) is 11.7. The van der Waals surface area contributed by atoms with Crippen molar-refractivity contribution in [3.63, 3.8) is 0 Å². The Balaban J connectivity index is 1.81. The number of ether oxygens (including phenoxy) is 1. The van der Waals surface area contributed by atoms with Gasteiger partial charge in [0.25, 0.3) is 5.91 Å². The third kappa shape index (κ3) is 3.50. The molecule has 5 heteroatoms. The molecule has 1 fully saturated rings. The molecule has 1 saturated heterocycles. The Morgan fingerprint density at radius 2 is 1.95 bits per heavy atom. The van der Waals surface area contributed by atoms with Crippen LogP contribution in [0.3, 0.4) is 0 Å². The van der Waals surface area contributed by atoms with Crippen molar-refractivity contribution >= 4 is 11.9 Å². The van der Waals surface area contributed by atoms with Crippen LogP contribution in [0.5, 0.6) is 5.75 Å². The molecule has 0 aliphatic carbocycles. The molecule has 0 radical (unpaired) electrons. The topological polar surface area (TPSA) is 66.8 Å². The lowest BCUT2D eigenvalue weighted by molar-refractivity contribution is -0.149. The summed E-state index contributed by atoms with van der Waals surface area (Å²) < 4.78 is 5.60. The minimum absolute atomic E-state index is 0.0722. The second-order valence-electron chi connectivity index (χ2n) is 5.28. The highest BCUT2D eigenvalue weighted by Gasteiger charge is 2.34. The van der Waals surface area contributed by atoms with E-state index in [1.165, 1.54) is 0 Å². The molecule has 2 rings (SSSR count). The molecule has 1 atom stereocenters. The van der Waals surface area contributed by atoms with E-state index in [0.29, 0.717) is 18.8 Å². The SMILES string of the molecule is Cc1ccc(OC(C)C(=O)N2CC(CC(=O)O)C2)cc1. The second-order valence-corrected chi connectivity index (χ2v) is 5.28. The molecule has 0 spiro atoms. The normalized spacial score (nSPS) is 16.4. The van der Waals surface area contributed by atoms with E-state index in [2.05, 4.69) is 0 Å². The van der Waals surface area contributed by atoms with Crippen molar-refractivity contribution in [1.82, 2.24) is 4.90 Å². The number of hydrogen-bond acceptors (Lipinski definition) is 3. The van der Waals surface area contributed by atoms with Crippen LogP contribution in [0.2, 0.25) is 0 Å². The maximum Gasteiger partial charge on any atom is 0.303 e. The predicted octanol–water partition coefficient (Wildman–Crippen LogP) is 1.70. The molecule has 1 heterocycles. The van der Waals surface area contributed by atoms with Gasteiger partial charge >= 0.3 is 5.97 Å². The summed E-state index contributed by atoms with van der Waals surface area (Å²) in [6.07, 6.45) is -0.430. The summed E-state index contributed by atoms with van der Waals surface area (Å²) in [5, 5.41) is 8.67.